The number of hydrogen-bond donors (Lipinski definition) is 2. The van der Waals surface area contributed by atoms with Crippen LogP contribution >= 0.6 is 0 Å². The summed E-state index contributed by atoms with van der Waals surface area (Å²) in [6.45, 7) is 4.86. The SMILES string of the molecule is CC1(CC2CCCNC2)CNC(=O)O1. The maximum Gasteiger partial charge on any atom is 0.407 e. The molecule has 2 N–H and O–H groups in total. The Morgan fingerprint density at radius 2 is 2.50 bits per heavy atom. The lowest BCUT2D eigenvalue weighted by Gasteiger charge is -2.29. The van der Waals surface area contributed by atoms with Gasteiger partial charge in [0.05, 0.1) is 6.54 Å². The van der Waals surface area contributed by atoms with Gasteiger partial charge in [-0.05, 0) is 45.2 Å². The Labute approximate surface area is 84.4 Å². The summed E-state index contributed by atoms with van der Waals surface area (Å²) in [5.74, 6) is 0.654. The van der Waals surface area contributed by atoms with Gasteiger partial charge in [0.15, 0.2) is 0 Å². The minimum absolute atomic E-state index is 0.267. The average Bonchev–Trinajstić information content (AvgIpc) is 2.47. The van der Waals surface area contributed by atoms with Crippen molar-refractivity contribution in [3.05, 3.63) is 0 Å². The normalized spacial score (nSPS) is 37.8. The van der Waals surface area contributed by atoms with Crippen molar-refractivity contribution in [2.75, 3.05) is 19.6 Å². The zero-order chi connectivity index (χ0) is 10.0. The molecule has 2 fully saturated rings. The number of carbonyl (C=O) groups excluding carboxylic acids is 1. The van der Waals surface area contributed by atoms with E-state index in [1.807, 2.05) is 6.92 Å². The zero-order valence-electron chi connectivity index (χ0n) is 8.64. The second-order valence-electron chi connectivity index (χ2n) is 4.61. The number of nitrogens with one attached hydrogen (secondary N) is 2. The molecule has 2 unspecified atom stereocenters. The number of carbonyl (C=O) groups is 1. The number of rotatable bonds is 2. The van der Waals surface area contributed by atoms with Crippen molar-refractivity contribution in [3.8, 4) is 0 Å². The van der Waals surface area contributed by atoms with Crippen molar-refractivity contribution in [2.24, 2.45) is 5.92 Å². The van der Waals surface area contributed by atoms with Gasteiger partial charge in [0.25, 0.3) is 0 Å². The van der Waals surface area contributed by atoms with Crippen molar-refractivity contribution in [2.45, 2.75) is 31.8 Å². The molecule has 0 aromatic carbocycles. The summed E-state index contributed by atoms with van der Waals surface area (Å²) >= 11 is 0. The number of amides is 1. The first kappa shape index (κ1) is 9.77. The van der Waals surface area contributed by atoms with E-state index >= 15 is 0 Å². The van der Waals surface area contributed by atoms with Gasteiger partial charge in [0, 0.05) is 0 Å². The monoisotopic (exact) mass is 198 g/mol. The largest absolute Gasteiger partial charge is 0.441 e. The first-order valence-corrected chi connectivity index (χ1v) is 5.35. The van der Waals surface area contributed by atoms with Crippen LogP contribution in [0.2, 0.25) is 0 Å². The number of cyclic esters (lactones) is 1. The molecule has 2 heterocycles. The van der Waals surface area contributed by atoms with Crippen molar-refractivity contribution < 1.29 is 9.53 Å². The fourth-order valence-corrected chi connectivity index (χ4v) is 2.38. The molecule has 80 valence electrons. The summed E-state index contributed by atoms with van der Waals surface area (Å²) in [5, 5.41) is 6.09. The topological polar surface area (TPSA) is 50.4 Å². The van der Waals surface area contributed by atoms with Gasteiger partial charge in [-0.3, -0.25) is 0 Å². The molecular weight excluding hydrogens is 180 g/mol. The van der Waals surface area contributed by atoms with E-state index in [2.05, 4.69) is 10.6 Å². The Kier molecular flexibility index (Phi) is 2.63. The molecule has 4 heteroatoms. The highest BCUT2D eigenvalue weighted by molar-refractivity contribution is 5.70. The molecule has 2 aliphatic rings. The first-order valence-electron chi connectivity index (χ1n) is 5.35. The van der Waals surface area contributed by atoms with Crippen LogP contribution in [-0.2, 0) is 4.74 Å². The molecule has 0 aromatic rings. The van der Waals surface area contributed by atoms with Gasteiger partial charge in [-0.15, -0.1) is 0 Å². The number of alkyl carbamates (subject to hydrolysis) is 1. The fraction of sp³-hybridized carbons (Fsp3) is 0.900. The van der Waals surface area contributed by atoms with E-state index in [0.717, 1.165) is 19.5 Å². The molecule has 2 atom stereocenters. The van der Waals surface area contributed by atoms with Crippen LogP contribution in [0.25, 0.3) is 0 Å². The zero-order valence-corrected chi connectivity index (χ0v) is 8.64. The molecule has 0 bridgehead atoms. The standard InChI is InChI=1S/C10H18N2O2/c1-10(7-12-9(13)14-10)5-8-3-2-4-11-6-8/h8,11H,2-7H2,1H3,(H,12,13). The lowest BCUT2D eigenvalue weighted by molar-refractivity contribution is 0.0474. The van der Waals surface area contributed by atoms with Gasteiger partial charge in [-0.1, -0.05) is 0 Å². The highest BCUT2D eigenvalue weighted by Gasteiger charge is 2.37. The third kappa shape index (κ3) is 2.18. The molecule has 0 aliphatic carbocycles. The van der Waals surface area contributed by atoms with Gasteiger partial charge in [0.2, 0.25) is 0 Å². The summed E-state index contributed by atoms with van der Waals surface area (Å²) in [6.07, 6.45) is 3.19. The van der Waals surface area contributed by atoms with Gasteiger partial charge in [0.1, 0.15) is 5.60 Å². The van der Waals surface area contributed by atoms with Crippen molar-refractivity contribution in [1.29, 1.82) is 0 Å². The van der Waals surface area contributed by atoms with E-state index in [-0.39, 0.29) is 11.7 Å². The smallest absolute Gasteiger partial charge is 0.407 e. The third-order valence-electron chi connectivity index (χ3n) is 3.07. The third-order valence-corrected chi connectivity index (χ3v) is 3.07. The highest BCUT2D eigenvalue weighted by atomic mass is 16.6. The van der Waals surface area contributed by atoms with E-state index in [1.54, 1.807) is 0 Å². The number of ether oxygens (including phenoxy) is 1. The van der Waals surface area contributed by atoms with Gasteiger partial charge >= 0.3 is 6.09 Å². The Morgan fingerprint density at radius 1 is 1.64 bits per heavy atom. The van der Waals surface area contributed by atoms with Crippen molar-refractivity contribution in [1.82, 2.24) is 10.6 Å². The van der Waals surface area contributed by atoms with Crippen LogP contribution in [-0.4, -0.2) is 31.3 Å². The lowest BCUT2D eigenvalue weighted by atomic mass is 9.87. The van der Waals surface area contributed by atoms with Crippen molar-refractivity contribution >= 4 is 6.09 Å². The molecule has 0 saturated carbocycles. The Balaban J connectivity index is 1.86. The van der Waals surface area contributed by atoms with Crippen LogP contribution in [0.1, 0.15) is 26.2 Å². The van der Waals surface area contributed by atoms with Gasteiger partial charge < -0.3 is 15.4 Å². The van der Waals surface area contributed by atoms with Crippen LogP contribution in [0, 0.1) is 5.92 Å². The Bertz CT molecular complexity index is 226. The molecule has 2 saturated heterocycles. The molecule has 0 aromatic heterocycles. The molecule has 1 amide bonds. The van der Waals surface area contributed by atoms with Crippen LogP contribution in [0.5, 0.6) is 0 Å². The second-order valence-corrected chi connectivity index (χ2v) is 4.61. The van der Waals surface area contributed by atoms with E-state index in [4.69, 9.17) is 4.74 Å². The summed E-state index contributed by atoms with van der Waals surface area (Å²) in [5.41, 5.74) is -0.277. The molecule has 0 spiro atoms. The first-order chi connectivity index (χ1) is 6.68. The Morgan fingerprint density at radius 3 is 3.07 bits per heavy atom. The maximum absolute atomic E-state index is 11.0. The van der Waals surface area contributed by atoms with E-state index < -0.39 is 0 Å². The number of hydrogen-bond acceptors (Lipinski definition) is 3. The summed E-state index contributed by atoms with van der Waals surface area (Å²) in [7, 11) is 0. The second kappa shape index (κ2) is 3.77. The minimum atomic E-state index is -0.277. The maximum atomic E-state index is 11.0. The van der Waals surface area contributed by atoms with Crippen LogP contribution in [0.3, 0.4) is 0 Å². The summed E-state index contributed by atoms with van der Waals surface area (Å²) in [4.78, 5) is 11.0. The lowest BCUT2D eigenvalue weighted by Crippen LogP contribution is -2.38. The average molecular weight is 198 g/mol. The van der Waals surface area contributed by atoms with Crippen LogP contribution < -0.4 is 10.6 Å². The molecule has 2 rings (SSSR count). The van der Waals surface area contributed by atoms with Crippen molar-refractivity contribution in [3.63, 3.8) is 0 Å². The molecule has 4 nitrogen and oxygen atoms in total. The Hall–Kier alpha value is -0.770. The summed E-state index contributed by atoms with van der Waals surface area (Å²) < 4.78 is 5.27. The van der Waals surface area contributed by atoms with Crippen LogP contribution in [0.15, 0.2) is 0 Å². The quantitative estimate of drug-likeness (QED) is 0.692. The van der Waals surface area contributed by atoms with E-state index in [0.29, 0.717) is 12.5 Å². The van der Waals surface area contributed by atoms with E-state index in [9.17, 15) is 4.79 Å². The highest BCUT2D eigenvalue weighted by Crippen LogP contribution is 2.27. The summed E-state index contributed by atoms with van der Waals surface area (Å²) in [6, 6.07) is 0. The van der Waals surface area contributed by atoms with Gasteiger partial charge in [-0.25, -0.2) is 4.79 Å². The van der Waals surface area contributed by atoms with Crippen LogP contribution in [0.4, 0.5) is 4.79 Å². The molecule has 2 aliphatic heterocycles. The molecular formula is C10H18N2O2. The molecule has 14 heavy (non-hydrogen) atoms. The predicted molar refractivity (Wildman–Crippen MR) is 53.1 cm³/mol. The number of piperidine rings is 1. The predicted octanol–water partition coefficient (Wildman–Crippen LogP) is 0.875. The van der Waals surface area contributed by atoms with Gasteiger partial charge in [-0.2, -0.15) is 0 Å². The molecule has 0 radical (unpaired) electrons. The van der Waals surface area contributed by atoms with E-state index in [1.165, 1.54) is 12.8 Å². The fourth-order valence-electron chi connectivity index (χ4n) is 2.38. The minimum Gasteiger partial charge on any atom is -0.441 e.